The second-order valence-corrected chi connectivity index (χ2v) is 7.03. The van der Waals surface area contributed by atoms with Gasteiger partial charge in [0, 0.05) is 17.6 Å². The van der Waals surface area contributed by atoms with Crippen LogP contribution in [0.4, 0.5) is 0 Å². The van der Waals surface area contributed by atoms with Crippen LogP contribution in [-0.4, -0.2) is 35.2 Å². The van der Waals surface area contributed by atoms with Gasteiger partial charge in [0.1, 0.15) is 10.6 Å². The van der Waals surface area contributed by atoms with E-state index in [0.717, 1.165) is 25.9 Å². The summed E-state index contributed by atoms with van der Waals surface area (Å²) in [5.41, 5.74) is 0. The van der Waals surface area contributed by atoms with E-state index < -0.39 is 10.0 Å². The number of halogens is 1. The molecule has 2 rings (SSSR count). The van der Waals surface area contributed by atoms with E-state index in [0.29, 0.717) is 17.5 Å². The Morgan fingerprint density at radius 3 is 2.95 bits per heavy atom. The summed E-state index contributed by atoms with van der Waals surface area (Å²) in [4.78, 5) is 0.119. The molecule has 1 aromatic carbocycles. The highest BCUT2D eigenvalue weighted by molar-refractivity contribution is 7.89. The van der Waals surface area contributed by atoms with Crippen molar-refractivity contribution in [1.82, 2.24) is 10.0 Å². The number of piperidine rings is 1. The van der Waals surface area contributed by atoms with Crippen molar-refractivity contribution in [2.24, 2.45) is 5.92 Å². The molecular formula is C13H19ClN2O3S. The van der Waals surface area contributed by atoms with Gasteiger partial charge in [0.2, 0.25) is 10.0 Å². The number of sulfonamides is 1. The molecule has 5 nitrogen and oxygen atoms in total. The van der Waals surface area contributed by atoms with Gasteiger partial charge in [-0.05, 0) is 44.0 Å². The summed E-state index contributed by atoms with van der Waals surface area (Å²) >= 11 is 5.84. The molecule has 0 amide bonds. The van der Waals surface area contributed by atoms with Crippen LogP contribution in [0.15, 0.2) is 23.1 Å². The fraction of sp³-hybridized carbons (Fsp3) is 0.538. The fourth-order valence-electron chi connectivity index (χ4n) is 2.27. The van der Waals surface area contributed by atoms with Gasteiger partial charge in [0.05, 0.1) is 7.11 Å². The minimum atomic E-state index is -3.58. The highest BCUT2D eigenvalue weighted by atomic mass is 35.5. The van der Waals surface area contributed by atoms with Gasteiger partial charge in [-0.25, -0.2) is 13.1 Å². The molecule has 0 radical (unpaired) electrons. The van der Waals surface area contributed by atoms with Gasteiger partial charge in [0.15, 0.2) is 0 Å². The second kappa shape index (κ2) is 6.76. The quantitative estimate of drug-likeness (QED) is 0.866. The Labute approximate surface area is 124 Å². The van der Waals surface area contributed by atoms with Crippen LogP contribution in [0.5, 0.6) is 5.75 Å². The molecular weight excluding hydrogens is 300 g/mol. The summed E-state index contributed by atoms with van der Waals surface area (Å²) in [6, 6.07) is 4.50. The monoisotopic (exact) mass is 318 g/mol. The molecule has 1 atom stereocenters. The van der Waals surface area contributed by atoms with Crippen LogP contribution < -0.4 is 14.8 Å². The molecule has 1 fully saturated rings. The molecule has 0 spiro atoms. The van der Waals surface area contributed by atoms with Gasteiger partial charge in [-0.3, -0.25) is 0 Å². The number of benzene rings is 1. The minimum absolute atomic E-state index is 0.119. The average Bonchev–Trinajstić information content (AvgIpc) is 2.46. The minimum Gasteiger partial charge on any atom is -0.495 e. The highest BCUT2D eigenvalue weighted by Gasteiger charge is 2.22. The summed E-state index contributed by atoms with van der Waals surface area (Å²) in [5, 5.41) is 3.71. The van der Waals surface area contributed by atoms with Crippen LogP contribution in [0.1, 0.15) is 12.8 Å². The van der Waals surface area contributed by atoms with Crippen molar-refractivity contribution in [1.29, 1.82) is 0 Å². The Morgan fingerprint density at radius 2 is 2.30 bits per heavy atom. The third-order valence-corrected chi connectivity index (χ3v) is 5.07. The van der Waals surface area contributed by atoms with E-state index in [9.17, 15) is 8.42 Å². The zero-order chi connectivity index (χ0) is 14.6. The summed E-state index contributed by atoms with van der Waals surface area (Å²) < 4.78 is 32.4. The largest absolute Gasteiger partial charge is 0.495 e. The number of nitrogens with one attached hydrogen (secondary N) is 2. The number of hydrogen-bond acceptors (Lipinski definition) is 4. The molecule has 2 N–H and O–H groups in total. The SMILES string of the molecule is COc1cc(Cl)ccc1S(=O)(=O)NCC1CCCNC1. The van der Waals surface area contributed by atoms with E-state index in [4.69, 9.17) is 16.3 Å². The summed E-state index contributed by atoms with van der Waals surface area (Å²) in [6.07, 6.45) is 2.12. The topological polar surface area (TPSA) is 67.4 Å². The maximum atomic E-state index is 12.3. The van der Waals surface area contributed by atoms with E-state index >= 15 is 0 Å². The van der Waals surface area contributed by atoms with Crippen molar-refractivity contribution in [2.45, 2.75) is 17.7 Å². The van der Waals surface area contributed by atoms with E-state index in [1.54, 1.807) is 6.07 Å². The van der Waals surface area contributed by atoms with E-state index in [2.05, 4.69) is 10.0 Å². The number of rotatable bonds is 5. The number of ether oxygens (including phenoxy) is 1. The summed E-state index contributed by atoms with van der Waals surface area (Å²) in [6.45, 7) is 2.29. The molecule has 1 saturated heterocycles. The molecule has 112 valence electrons. The molecule has 20 heavy (non-hydrogen) atoms. The summed E-state index contributed by atoms with van der Waals surface area (Å²) in [5.74, 6) is 0.587. The van der Waals surface area contributed by atoms with Crippen molar-refractivity contribution in [3.05, 3.63) is 23.2 Å². The normalized spacial score (nSPS) is 19.8. The molecule has 7 heteroatoms. The molecule has 0 bridgehead atoms. The van der Waals surface area contributed by atoms with E-state index in [1.165, 1.54) is 19.2 Å². The lowest BCUT2D eigenvalue weighted by atomic mass is 10.0. The lowest BCUT2D eigenvalue weighted by Crippen LogP contribution is -2.38. The molecule has 0 aliphatic carbocycles. The predicted octanol–water partition coefficient (Wildman–Crippen LogP) is 1.63. The predicted molar refractivity (Wildman–Crippen MR) is 78.8 cm³/mol. The van der Waals surface area contributed by atoms with Crippen LogP contribution in [0.3, 0.4) is 0 Å². The van der Waals surface area contributed by atoms with Crippen molar-refractivity contribution < 1.29 is 13.2 Å². The molecule has 0 saturated carbocycles. The number of hydrogen-bond donors (Lipinski definition) is 2. The van der Waals surface area contributed by atoms with Crippen LogP contribution in [-0.2, 0) is 10.0 Å². The first kappa shape index (κ1) is 15.6. The Hall–Kier alpha value is -0.820. The zero-order valence-corrected chi connectivity index (χ0v) is 12.9. The van der Waals surface area contributed by atoms with Gasteiger partial charge >= 0.3 is 0 Å². The Bertz CT molecular complexity index is 557. The van der Waals surface area contributed by atoms with Crippen LogP contribution in [0, 0.1) is 5.92 Å². The number of methoxy groups -OCH3 is 1. The fourth-order valence-corrected chi connectivity index (χ4v) is 3.69. The van der Waals surface area contributed by atoms with Gasteiger partial charge in [0.25, 0.3) is 0 Å². The first-order valence-electron chi connectivity index (χ1n) is 6.57. The third-order valence-electron chi connectivity index (χ3n) is 3.38. The van der Waals surface area contributed by atoms with Crippen LogP contribution in [0.2, 0.25) is 5.02 Å². The summed E-state index contributed by atoms with van der Waals surface area (Å²) in [7, 11) is -2.15. The Morgan fingerprint density at radius 1 is 1.50 bits per heavy atom. The second-order valence-electron chi connectivity index (χ2n) is 4.86. The standard InChI is InChI=1S/C13H19ClN2O3S/c1-19-12-7-11(14)4-5-13(12)20(17,18)16-9-10-3-2-6-15-8-10/h4-5,7,10,15-16H,2-3,6,8-9H2,1H3. The molecule has 1 aliphatic heterocycles. The highest BCUT2D eigenvalue weighted by Crippen LogP contribution is 2.27. The van der Waals surface area contributed by atoms with Crippen molar-refractivity contribution in [2.75, 3.05) is 26.7 Å². The van der Waals surface area contributed by atoms with Crippen LogP contribution >= 0.6 is 11.6 Å². The van der Waals surface area contributed by atoms with Gasteiger partial charge < -0.3 is 10.1 Å². The third kappa shape index (κ3) is 3.85. The van der Waals surface area contributed by atoms with Gasteiger partial charge in [-0.15, -0.1) is 0 Å². The van der Waals surface area contributed by atoms with E-state index in [-0.39, 0.29) is 10.6 Å². The van der Waals surface area contributed by atoms with Gasteiger partial charge in [-0.1, -0.05) is 11.6 Å². The lowest BCUT2D eigenvalue weighted by Gasteiger charge is -2.23. The Kier molecular flexibility index (Phi) is 5.26. The van der Waals surface area contributed by atoms with Gasteiger partial charge in [-0.2, -0.15) is 0 Å². The van der Waals surface area contributed by atoms with Crippen molar-refractivity contribution in [3.8, 4) is 5.75 Å². The average molecular weight is 319 g/mol. The smallest absolute Gasteiger partial charge is 0.244 e. The maximum absolute atomic E-state index is 12.3. The van der Waals surface area contributed by atoms with Crippen molar-refractivity contribution >= 4 is 21.6 Å². The molecule has 1 aromatic rings. The molecule has 0 aromatic heterocycles. The molecule has 1 unspecified atom stereocenters. The van der Waals surface area contributed by atoms with Crippen LogP contribution in [0.25, 0.3) is 0 Å². The lowest BCUT2D eigenvalue weighted by molar-refractivity contribution is 0.374. The Balaban J connectivity index is 2.09. The maximum Gasteiger partial charge on any atom is 0.244 e. The molecule has 1 heterocycles. The molecule has 1 aliphatic rings. The first-order valence-corrected chi connectivity index (χ1v) is 8.43. The van der Waals surface area contributed by atoms with E-state index in [1.807, 2.05) is 0 Å². The van der Waals surface area contributed by atoms with Crippen molar-refractivity contribution in [3.63, 3.8) is 0 Å². The first-order chi connectivity index (χ1) is 9.53. The zero-order valence-electron chi connectivity index (χ0n) is 11.4.